The maximum absolute atomic E-state index is 10.8. The van der Waals surface area contributed by atoms with Crippen LogP contribution >= 0.6 is 0 Å². The van der Waals surface area contributed by atoms with Crippen molar-refractivity contribution in [2.75, 3.05) is 6.54 Å². The van der Waals surface area contributed by atoms with Crippen molar-refractivity contribution in [1.29, 1.82) is 0 Å². The monoisotopic (exact) mass is 169 g/mol. The minimum atomic E-state index is -0.443. The molecule has 1 rings (SSSR count). The number of rotatable bonds is 3. The van der Waals surface area contributed by atoms with Crippen LogP contribution in [0.3, 0.4) is 0 Å². The van der Waals surface area contributed by atoms with E-state index in [0.29, 0.717) is 12.5 Å². The van der Waals surface area contributed by atoms with Crippen LogP contribution in [0, 0.1) is 5.92 Å². The van der Waals surface area contributed by atoms with Gasteiger partial charge < -0.3 is 5.32 Å². The van der Waals surface area contributed by atoms with Crippen LogP contribution in [0.1, 0.15) is 32.6 Å². The Hall–Kier alpha value is -0.860. The minimum Gasteiger partial charge on any atom is -0.349 e. The molecule has 1 aliphatic rings. The van der Waals surface area contributed by atoms with Crippen molar-refractivity contribution in [3.05, 3.63) is 0 Å². The SMILES string of the molecule is CC(=O)C(=O)NCC1CCCC1. The molecule has 0 aromatic heterocycles. The Bertz CT molecular complexity index is 183. The van der Waals surface area contributed by atoms with Gasteiger partial charge in [-0.05, 0) is 18.8 Å². The average Bonchev–Trinajstić information content (AvgIpc) is 2.51. The Balaban J connectivity index is 2.16. The quantitative estimate of drug-likeness (QED) is 0.637. The molecule has 12 heavy (non-hydrogen) atoms. The van der Waals surface area contributed by atoms with E-state index < -0.39 is 11.7 Å². The van der Waals surface area contributed by atoms with Crippen molar-refractivity contribution in [3.8, 4) is 0 Å². The van der Waals surface area contributed by atoms with Gasteiger partial charge in [0.2, 0.25) is 5.78 Å². The molecule has 0 unspecified atom stereocenters. The van der Waals surface area contributed by atoms with E-state index in [1.807, 2.05) is 0 Å². The normalized spacial score (nSPS) is 17.8. The molecular formula is C9H15NO2. The zero-order chi connectivity index (χ0) is 8.97. The second kappa shape index (κ2) is 4.24. The number of ketones is 1. The molecule has 1 aliphatic carbocycles. The molecule has 0 bridgehead atoms. The van der Waals surface area contributed by atoms with Gasteiger partial charge >= 0.3 is 0 Å². The highest BCUT2D eigenvalue weighted by Gasteiger charge is 2.16. The average molecular weight is 169 g/mol. The van der Waals surface area contributed by atoms with Crippen LogP contribution in [0.5, 0.6) is 0 Å². The van der Waals surface area contributed by atoms with Crippen LogP contribution in [0.15, 0.2) is 0 Å². The fraction of sp³-hybridized carbons (Fsp3) is 0.778. The first-order chi connectivity index (χ1) is 5.70. The Labute approximate surface area is 72.5 Å². The van der Waals surface area contributed by atoms with E-state index in [0.717, 1.165) is 0 Å². The van der Waals surface area contributed by atoms with E-state index >= 15 is 0 Å². The predicted octanol–water partition coefficient (Wildman–Crippen LogP) is 0.882. The first-order valence-electron chi connectivity index (χ1n) is 4.49. The number of carbonyl (C=O) groups is 2. The van der Waals surface area contributed by atoms with E-state index in [4.69, 9.17) is 0 Å². The van der Waals surface area contributed by atoms with Crippen LogP contribution in [-0.4, -0.2) is 18.2 Å². The standard InChI is InChI=1S/C9H15NO2/c1-7(11)9(12)10-6-8-4-2-3-5-8/h8H,2-6H2,1H3,(H,10,12). The molecule has 0 atom stereocenters. The third-order valence-corrected chi connectivity index (χ3v) is 2.35. The van der Waals surface area contributed by atoms with Crippen LogP contribution in [-0.2, 0) is 9.59 Å². The lowest BCUT2D eigenvalue weighted by Crippen LogP contribution is -2.32. The summed E-state index contributed by atoms with van der Waals surface area (Å²) in [5.74, 6) is -0.233. The van der Waals surface area contributed by atoms with E-state index in [-0.39, 0.29) is 0 Å². The van der Waals surface area contributed by atoms with Gasteiger partial charge in [-0.25, -0.2) is 0 Å². The maximum atomic E-state index is 10.8. The summed E-state index contributed by atoms with van der Waals surface area (Å²) in [6, 6.07) is 0. The molecule has 0 aromatic carbocycles. The molecule has 68 valence electrons. The number of hydrogen-bond acceptors (Lipinski definition) is 2. The summed E-state index contributed by atoms with van der Waals surface area (Å²) in [7, 11) is 0. The van der Waals surface area contributed by atoms with Gasteiger partial charge in [0.15, 0.2) is 0 Å². The molecule has 0 radical (unpaired) electrons. The summed E-state index contributed by atoms with van der Waals surface area (Å²) in [5.41, 5.74) is 0. The predicted molar refractivity (Wildman–Crippen MR) is 45.6 cm³/mol. The van der Waals surface area contributed by atoms with Crippen molar-refractivity contribution in [2.45, 2.75) is 32.6 Å². The Morgan fingerprint density at radius 3 is 2.42 bits per heavy atom. The lowest BCUT2D eigenvalue weighted by Gasteiger charge is -2.08. The summed E-state index contributed by atoms with van der Waals surface area (Å²) in [6.07, 6.45) is 4.91. The van der Waals surface area contributed by atoms with Crippen molar-refractivity contribution in [1.82, 2.24) is 5.32 Å². The van der Waals surface area contributed by atoms with Crippen molar-refractivity contribution < 1.29 is 9.59 Å². The first-order valence-corrected chi connectivity index (χ1v) is 4.49. The second-order valence-electron chi connectivity index (χ2n) is 3.42. The molecule has 3 nitrogen and oxygen atoms in total. The molecule has 3 heteroatoms. The summed E-state index contributed by atoms with van der Waals surface area (Å²) in [5, 5.41) is 2.64. The molecule has 0 spiro atoms. The highest BCUT2D eigenvalue weighted by atomic mass is 16.2. The third kappa shape index (κ3) is 2.64. The van der Waals surface area contributed by atoms with Gasteiger partial charge in [0.1, 0.15) is 0 Å². The Morgan fingerprint density at radius 1 is 1.33 bits per heavy atom. The second-order valence-corrected chi connectivity index (χ2v) is 3.42. The maximum Gasteiger partial charge on any atom is 0.287 e. The van der Waals surface area contributed by atoms with Crippen LogP contribution in [0.25, 0.3) is 0 Å². The van der Waals surface area contributed by atoms with Gasteiger partial charge in [0.25, 0.3) is 5.91 Å². The number of amides is 1. The number of carbonyl (C=O) groups excluding carboxylic acids is 2. The Kier molecular flexibility index (Phi) is 3.26. The zero-order valence-electron chi connectivity index (χ0n) is 7.43. The van der Waals surface area contributed by atoms with Gasteiger partial charge in [0, 0.05) is 13.5 Å². The summed E-state index contributed by atoms with van der Waals surface area (Å²) in [6.45, 7) is 1.97. The smallest absolute Gasteiger partial charge is 0.287 e. The molecule has 0 saturated heterocycles. The highest BCUT2D eigenvalue weighted by molar-refractivity contribution is 6.35. The third-order valence-electron chi connectivity index (χ3n) is 2.35. The van der Waals surface area contributed by atoms with Crippen LogP contribution in [0.4, 0.5) is 0 Å². The van der Waals surface area contributed by atoms with E-state index in [1.54, 1.807) is 0 Å². The van der Waals surface area contributed by atoms with E-state index in [9.17, 15) is 9.59 Å². The Morgan fingerprint density at radius 2 is 1.92 bits per heavy atom. The molecule has 0 aliphatic heterocycles. The van der Waals surface area contributed by atoms with Gasteiger partial charge in [-0.1, -0.05) is 12.8 Å². The summed E-state index contributed by atoms with van der Waals surface area (Å²) >= 11 is 0. The first kappa shape index (κ1) is 9.23. The number of hydrogen-bond donors (Lipinski definition) is 1. The van der Waals surface area contributed by atoms with Gasteiger partial charge in [-0.2, -0.15) is 0 Å². The molecule has 0 aromatic rings. The molecule has 1 saturated carbocycles. The lowest BCUT2D eigenvalue weighted by molar-refractivity contribution is -0.136. The van der Waals surface area contributed by atoms with Gasteiger partial charge in [0.05, 0.1) is 0 Å². The number of nitrogens with one attached hydrogen (secondary N) is 1. The molecule has 1 amide bonds. The van der Waals surface area contributed by atoms with Crippen LogP contribution < -0.4 is 5.32 Å². The van der Waals surface area contributed by atoms with Crippen molar-refractivity contribution in [3.63, 3.8) is 0 Å². The molecular weight excluding hydrogens is 154 g/mol. The summed E-state index contributed by atoms with van der Waals surface area (Å²) < 4.78 is 0. The topological polar surface area (TPSA) is 46.2 Å². The van der Waals surface area contributed by atoms with E-state index in [1.165, 1.54) is 32.6 Å². The van der Waals surface area contributed by atoms with Crippen molar-refractivity contribution in [2.24, 2.45) is 5.92 Å². The van der Waals surface area contributed by atoms with E-state index in [2.05, 4.69) is 5.32 Å². The molecule has 1 N–H and O–H groups in total. The number of Topliss-reactive ketones (excluding diaryl/α,β-unsaturated/α-hetero) is 1. The van der Waals surface area contributed by atoms with Crippen molar-refractivity contribution >= 4 is 11.7 Å². The zero-order valence-corrected chi connectivity index (χ0v) is 7.43. The fourth-order valence-electron chi connectivity index (χ4n) is 1.58. The van der Waals surface area contributed by atoms with Gasteiger partial charge in [-0.3, -0.25) is 9.59 Å². The minimum absolute atomic E-state index is 0.395. The highest BCUT2D eigenvalue weighted by Crippen LogP contribution is 2.23. The lowest BCUT2D eigenvalue weighted by atomic mass is 10.1. The molecule has 0 heterocycles. The summed E-state index contributed by atoms with van der Waals surface area (Å²) in [4.78, 5) is 21.4. The van der Waals surface area contributed by atoms with Crippen LogP contribution in [0.2, 0.25) is 0 Å². The van der Waals surface area contributed by atoms with Gasteiger partial charge in [-0.15, -0.1) is 0 Å². The largest absolute Gasteiger partial charge is 0.349 e. The fourth-order valence-corrected chi connectivity index (χ4v) is 1.58. The molecule has 1 fully saturated rings.